The van der Waals surface area contributed by atoms with Gasteiger partial charge in [0.05, 0.1) is 12.7 Å². The smallest absolute Gasteiger partial charge is 0.261 e. The van der Waals surface area contributed by atoms with E-state index in [4.69, 9.17) is 4.74 Å². The monoisotopic (exact) mass is 419 g/mol. The first kappa shape index (κ1) is 18.3. The zero-order chi connectivity index (χ0) is 20.3. The van der Waals surface area contributed by atoms with E-state index in [2.05, 4.69) is 15.5 Å². The fourth-order valence-electron chi connectivity index (χ4n) is 6.59. The molecule has 4 fully saturated rings. The number of nitrogens with one attached hydrogen (secondary N) is 1. The number of ether oxygens (including phenoxy) is 1. The van der Waals surface area contributed by atoms with Gasteiger partial charge in [0, 0.05) is 5.41 Å². The summed E-state index contributed by atoms with van der Waals surface area (Å²) in [6.07, 6.45) is 7.97. The molecule has 4 aliphatic carbocycles. The number of hydrogen-bond acceptors (Lipinski definition) is 5. The summed E-state index contributed by atoms with van der Waals surface area (Å²) in [5.41, 5.74) is 0.721. The van der Waals surface area contributed by atoms with Crippen molar-refractivity contribution in [1.82, 2.24) is 10.2 Å². The SMILES string of the molecule is COc1cc2ccccc2cc1C(=O)Nc1nnc(C23CC4CC(CC(C4)C2)C3)s1. The van der Waals surface area contributed by atoms with Gasteiger partial charge in [0.15, 0.2) is 0 Å². The molecule has 0 atom stereocenters. The lowest BCUT2D eigenvalue weighted by Gasteiger charge is -2.55. The van der Waals surface area contributed by atoms with Crippen LogP contribution >= 0.6 is 11.3 Å². The lowest BCUT2D eigenvalue weighted by Crippen LogP contribution is -2.48. The largest absolute Gasteiger partial charge is 0.496 e. The molecule has 0 unspecified atom stereocenters. The van der Waals surface area contributed by atoms with Crippen molar-refractivity contribution in [3.8, 4) is 5.75 Å². The number of fused-ring (bicyclic) bond motifs is 1. The molecule has 3 aromatic rings. The van der Waals surface area contributed by atoms with Crippen LogP contribution in [0.3, 0.4) is 0 Å². The van der Waals surface area contributed by atoms with Crippen molar-refractivity contribution < 1.29 is 9.53 Å². The molecular weight excluding hydrogens is 394 g/mol. The number of rotatable bonds is 4. The molecule has 7 rings (SSSR count). The Morgan fingerprint density at radius 1 is 1.03 bits per heavy atom. The Labute approximate surface area is 179 Å². The van der Waals surface area contributed by atoms with Gasteiger partial charge in [-0.15, -0.1) is 10.2 Å². The van der Waals surface area contributed by atoms with Crippen molar-refractivity contribution in [2.24, 2.45) is 17.8 Å². The van der Waals surface area contributed by atoms with Crippen LogP contribution in [0.2, 0.25) is 0 Å². The maximum Gasteiger partial charge on any atom is 0.261 e. The second-order valence-electron chi connectivity index (χ2n) is 9.46. The van der Waals surface area contributed by atoms with Crippen LogP contribution in [-0.2, 0) is 5.41 Å². The molecule has 2 aromatic carbocycles. The van der Waals surface area contributed by atoms with Crippen LogP contribution in [0.1, 0.15) is 53.9 Å². The van der Waals surface area contributed by atoms with Crippen LogP contribution in [0.25, 0.3) is 10.8 Å². The zero-order valence-corrected chi connectivity index (χ0v) is 17.9. The molecule has 1 N–H and O–H groups in total. The predicted molar refractivity (Wildman–Crippen MR) is 118 cm³/mol. The Morgan fingerprint density at radius 3 is 2.30 bits per heavy atom. The number of methoxy groups -OCH3 is 1. The van der Waals surface area contributed by atoms with E-state index in [0.29, 0.717) is 16.4 Å². The first-order valence-corrected chi connectivity index (χ1v) is 11.7. The van der Waals surface area contributed by atoms with Gasteiger partial charge in [-0.3, -0.25) is 10.1 Å². The molecule has 154 valence electrons. The van der Waals surface area contributed by atoms with Crippen molar-refractivity contribution in [3.05, 3.63) is 47.0 Å². The van der Waals surface area contributed by atoms with Gasteiger partial charge in [-0.2, -0.15) is 0 Å². The summed E-state index contributed by atoms with van der Waals surface area (Å²) in [7, 11) is 1.59. The quantitative estimate of drug-likeness (QED) is 0.613. The summed E-state index contributed by atoms with van der Waals surface area (Å²) < 4.78 is 5.49. The molecule has 0 aliphatic heterocycles. The van der Waals surface area contributed by atoms with Gasteiger partial charge in [-0.1, -0.05) is 35.6 Å². The summed E-state index contributed by atoms with van der Waals surface area (Å²) in [4.78, 5) is 13.0. The van der Waals surface area contributed by atoms with Crippen LogP contribution in [-0.4, -0.2) is 23.2 Å². The zero-order valence-electron chi connectivity index (χ0n) is 17.1. The fourth-order valence-corrected chi connectivity index (χ4v) is 7.55. The number of aromatic nitrogens is 2. The third-order valence-corrected chi connectivity index (χ3v) is 8.53. The van der Waals surface area contributed by atoms with Gasteiger partial charge >= 0.3 is 0 Å². The lowest BCUT2D eigenvalue weighted by molar-refractivity contribution is -0.00555. The molecule has 0 spiro atoms. The Hall–Kier alpha value is -2.47. The maximum atomic E-state index is 13.0. The van der Waals surface area contributed by atoms with Gasteiger partial charge in [0.25, 0.3) is 5.91 Å². The van der Waals surface area contributed by atoms with E-state index < -0.39 is 0 Å². The number of amides is 1. The summed E-state index contributed by atoms with van der Waals surface area (Å²) in [5.74, 6) is 2.95. The normalized spacial score (nSPS) is 29.3. The third-order valence-electron chi connectivity index (χ3n) is 7.45. The number of nitrogens with zero attached hydrogens (tertiary/aromatic N) is 2. The number of benzene rings is 2. The van der Waals surface area contributed by atoms with Gasteiger partial charge in [0.2, 0.25) is 5.13 Å². The lowest BCUT2D eigenvalue weighted by atomic mass is 9.50. The van der Waals surface area contributed by atoms with Crippen LogP contribution < -0.4 is 10.1 Å². The minimum atomic E-state index is -0.203. The topological polar surface area (TPSA) is 64.1 Å². The number of anilines is 1. The Morgan fingerprint density at radius 2 is 1.67 bits per heavy atom. The molecule has 30 heavy (non-hydrogen) atoms. The van der Waals surface area contributed by atoms with E-state index in [9.17, 15) is 4.79 Å². The summed E-state index contributed by atoms with van der Waals surface area (Å²) in [5, 5.41) is 15.7. The van der Waals surface area contributed by atoms with Crippen molar-refractivity contribution >= 4 is 33.1 Å². The summed E-state index contributed by atoms with van der Waals surface area (Å²) >= 11 is 1.57. The molecular formula is C24H25N3O2S. The van der Waals surface area contributed by atoms with E-state index in [1.165, 1.54) is 38.5 Å². The minimum absolute atomic E-state index is 0.203. The van der Waals surface area contributed by atoms with Gasteiger partial charge in [0.1, 0.15) is 10.8 Å². The molecule has 0 saturated heterocycles. The molecule has 1 aromatic heterocycles. The average molecular weight is 420 g/mol. The first-order chi connectivity index (χ1) is 14.6. The molecule has 4 aliphatic rings. The van der Waals surface area contributed by atoms with Crippen molar-refractivity contribution in [3.63, 3.8) is 0 Å². The maximum absolute atomic E-state index is 13.0. The van der Waals surface area contributed by atoms with E-state index in [0.717, 1.165) is 33.5 Å². The van der Waals surface area contributed by atoms with Crippen LogP contribution in [0.5, 0.6) is 5.75 Å². The molecule has 1 heterocycles. The van der Waals surface area contributed by atoms with E-state index in [-0.39, 0.29) is 11.3 Å². The highest BCUT2D eigenvalue weighted by atomic mass is 32.1. The highest BCUT2D eigenvalue weighted by Gasteiger charge is 2.53. The first-order valence-electron chi connectivity index (χ1n) is 10.8. The summed E-state index contributed by atoms with van der Waals surface area (Å²) in [6.45, 7) is 0. The Bertz CT molecular complexity index is 1100. The Balaban J connectivity index is 1.27. The summed E-state index contributed by atoms with van der Waals surface area (Å²) in [6, 6.07) is 11.8. The highest BCUT2D eigenvalue weighted by Crippen LogP contribution is 2.61. The second kappa shape index (κ2) is 6.77. The van der Waals surface area contributed by atoms with E-state index in [1.807, 2.05) is 36.4 Å². The Kier molecular flexibility index (Phi) is 4.13. The van der Waals surface area contributed by atoms with Crippen LogP contribution in [0, 0.1) is 17.8 Å². The van der Waals surface area contributed by atoms with Crippen molar-refractivity contribution in [2.75, 3.05) is 12.4 Å². The molecule has 4 saturated carbocycles. The van der Waals surface area contributed by atoms with Gasteiger partial charge in [-0.05, 0) is 79.2 Å². The van der Waals surface area contributed by atoms with E-state index >= 15 is 0 Å². The van der Waals surface area contributed by atoms with E-state index in [1.54, 1.807) is 18.4 Å². The minimum Gasteiger partial charge on any atom is -0.496 e. The standard InChI is InChI=1S/C24H25N3O2S/c1-29-20-10-18-5-3-2-4-17(18)9-19(20)21(28)25-23-27-26-22(30-23)24-11-14-6-15(12-24)8-16(7-14)13-24/h2-5,9-10,14-16H,6-8,11-13H2,1H3,(H,25,27,28). The fraction of sp³-hybridized carbons (Fsp3) is 0.458. The van der Waals surface area contributed by atoms with Crippen LogP contribution in [0.15, 0.2) is 36.4 Å². The number of hydrogen-bond donors (Lipinski definition) is 1. The van der Waals surface area contributed by atoms with Crippen molar-refractivity contribution in [1.29, 1.82) is 0 Å². The molecule has 1 amide bonds. The highest BCUT2D eigenvalue weighted by molar-refractivity contribution is 7.15. The molecule has 6 heteroatoms. The third kappa shape index (κ3) is 2.92. The molecule has 4 bridgehead atoms. The molecule has 0 radical (unpaired) electrons. The van der Waals surface area contributed by atoms with Crippen LogP contribution in [0.4, 0.5) is 5.13 Å². The molecule has 5 nitrogen and oxygen atoms in total. The second-order valence-corrected chi connectivity index (χ2v) is 10.4. The predicted octanol–water partition coefficient (Wildman–Crippen LogP) is 5.42. The number of carbonyl (C=O) groups is 1. The van der Waals surface area contributed by atoms with Crippen molar-refractivity contribution in [2.45, 2.75) is 43.9 Å². The average Bonchev–Trinajstić information content (AvgIpc) is 3.21. The van der Waals surface area contributed by atoms with Gasteiger partial charge < -0.3 is 4.74 Å². The van der Waals surface area contributed by atoms with Gasteiger partial charge in [-0.25, -0.2) is 0 Å². The number of carbonyl (C=O) groups excluding carboxylic acids is 1.